The quantitative estimate of drug-likeness (QED) is 0.875. The molecule has 2 rings (SSSR count). The second kappa shape index (κ2) is 6.03. The fourth-order valence-corrected chi connectivity index (χ4v) is 3.17. The molecule has 1 saturated carbocycles. The first-order valence-corrected chi connectivity index (χ1v) is 7.18. The Morgan fingerprint density at radius 3 is 2.89 bits per heavy atom. The largest absolute Gasteiger partial charge is 0.327 e. The lowest BCUT2D eigenvalue weighted by atomic mass is 9.75. The summed E-state index contributed by atoms with van der Waals surface area (Å²) in [7, 11) is 0. The molecular formula is C15H21ClFN. The highest BCUT2D eigenvalue weighted by Crippen LogP contribution is 2.33. The van der Waals surface area contributed by atoms with Gasteiger partial charge >= 0.3 is 0 Å². The van der Waals surface area contributed by atoms with Crippen LogP contribution in [0.3, 0.4) is 0 Å². The van der Waals surface area contributed by atoms with E-state index in [-0.39, 0.29) is 16.9 Å². The molecule has 100 valence electrons. The molecule has 3 atom stereocenters. The van der Waals surface area contributed by atoms with E-state index in [2.05, 4.69) is 6.92 Å². The summed E-state index contributed by atoms with van der Waals surface area (Å²) in [5.74, 6) is 0.860. The molecule has 18 heavy (non-hydrogen) atoms. The third-order valence-corrected chi connectivity index (χ3v) is 4.53. The van der Waals surface area contributed by atoms with E-state index < -0.39 is 0 Å². The van der Waals surface area contributed by atoms with Gasteiger partial charge in [-0.3, -0.25) is 0 Å². The number of nitrogens with two attached hydrogens (primary N) is 1. The average molecular weight is 270 g/mol. The van der Waals surface area contributed by atoms with Crippen LogP contribution in [0, 0.1) is 17.7 Å². The van der Waals surface area contributed by atoms with Crippen molar-refractivity contribution < 1.29 is 4.39 Å². The summed E-state index contributed by atoms with van der Waals surface area (Å²) in [6, 6.07) is 5.43. The van der Waals surface area contributed by atoms with E-state index in [9.17, 15) is 4.39 Å². The first-order valence-electron chi connectivity index (χ1n) is 6.80. The van der Waals surface area contributed by atoms with Crippen LogP contribution in [0.15, 0.2) is 18.2 Å². The summed E-state index contributed by atoms with van der Waals surface area (Å²) >= 11 is 5.82. The third kappa shape index (κ3) is 3.04. The maximum atomic E-state index is 13.9. The molecule has 0 aromatic heterocycles. The van der Waals surface area contributed by atoms with Crippen molar-refractivity contribution in [1.29, 1.82) is 0 Å². The van der Waals surface area contributed by atoms with Gasteiger partial charge in [-0.15, -0.1) is 0 Å². The average Bonchev–Trinajstić information content (AvgIpc) is 2.37. The van der Waals surface area contributed by atoms with Crippen LogP contribution >= 0.6 is 11.6 Å². The molecule has 3 unspecified atom stereocenters. The van der Waals surface area contributed by atoms with Crippen LogP contribution < -0.4 is 5.73 Å². The number of hydrogen-bond donors (Lipinski definition) is 1. The molecule has 0 spiro atoms. The Labute approximate surface area is 114 Å². The summed E-state index contributed by atoms with van der Waals surface area (Å²) in [5.41, 5.74) is 6.88. The smallest absolute Gasteiger partial charge is 0.144 e. The van der Waals surface area contributed by atoms with Crippen LogP contribution in [0.2, 0.25) is 5.02 Å². The Bertz CT molecular complexity index is 407. The van der Waals surface area contributed by atoms with Crippen LogP contribution in [0.4, 0.5) is 4.39 Å². The predicted octanol–water partition coefficient (Wildman–Crippen LogP) is 4.18. The second-order valence-electron chi connectivity index (χ2n) is 5.43. The topological polar surface area (TPSA) is 26.0 Å². The Hall–Kier alpha value is -0.600. The molecule has 0 saturated heterocycles. The molecule has 1 aromatic rings. The minimum absolute atomic E-state index is 0.200. The van der Waals surface area contributed by atoms with Gasteiger partial charge in [0.05, 0.1) is 5.02 Å². The van der Waals surface area contributed by atoms with Gasteiger partial charge in [-0.2, -0.15) is 0 Å². The van der Waals surface area contributed by atoms with Gasteiger partial charge in [0, 0.05) is 6.04 Å². The molecule has 1 aromatic carbocycles. The highest BCUT2D eigenvalue weighted by atomic mass is 35.5. The molecular weight excluding hydrogens is 249 g/mol. The summed E-state index contributed by atoms with van der Waals surface area (Å²) in [6.07, 6.45) is 5.30. The molecule has 1 fully saturated rings. The fourth-order valence-electron chi connectivity index (χ4n) is 2.98. The molecule has 0 bridgehead atoms. The summed E-state index contributed by atoms with van der Waals surface area (Å²) in [6.45, 7) is 2.22. The molecule has 2 N–H and O–H groups in total. The van der Waals surface area contributed by atoms with Gasteiger partial charge in [0.25, 0.3) is 0 Å². The number of hydrogen-bond acceptors (Lipinski definition) is 1. The van der Waals surface area contributed by atoms with Gasteiger partial charge < -0.3 is 5.73 Å². The van der Waals surface area contributed by atoms with E-state index in [1.165, 1.54) is 12.8 Å². The Morgan fingerprint density at radius 2 is 2.17 bits per heavy atom. The number of rotatable bonds is 3. The van der Waals surface area contributed by atoms with Crippen LogP contribution in [-0.4, -0.2) is 6.04 Å². The lowest BCUT2D eigenvalue weighted by molar-refractivity contribution is 0.226. The van der Waals surface area contributed by atoms with E-state index in [1.807, 2.05) is 12.1 Å². The monoisotopic (exact) mass is 269 g/mol. The van der Waals surface area contributed by atoms with Crippen molar-refractivity contribution in [3.8, 4) is 0 Å². The van der Waals surface area contributed by atoms with Gasteiger partial charge in [-0.05, 0) is 49.1 Å². The molecule has 1 aliphatic carbocycles. The van der Waals surface area contributed by atoms with Crippen LogP contribution in [0.5, 0.6) is 0 Å². The first kappa shape index (κ1) is 13.8. The zero-order chi connectivity index (χ0) is 13.1. The first-order chi connectivity index (χ1) is 8.61. The van der Waals surface area contributed by atoms with Crippen molar-refractivity contribution in [2.24, 2.45) is 17.6 Å². The summed E-state index contributed by atoms with van der Waals surface area (Å²) in [4.78, 5) is 0. The lowest BCUT2D eigenvalue weighted by Gasteiger charge is -2.34. The van der Waals surface area contributed by atoms with Crippen molar-refractivity contribution in [2.75, 3.05) is 0 Å². The Morgan fingerprint density at radius 1 is 1.39 bits per heavy atom. The van der Waals surface area contributed by atoms with Crippen molar-refractivity contribution in [3.05, 3.63) is 34.6 Å². The van der Waals surface area contributed by atoms with Gasteiger partial charge in [0.15, 0.2) is 0 Å². The van der Waals surface area contributed by atoms with E-state index >= 15 is 0 Å². The van der Waals surface area contributed by atoms with E-state index in [0.717, 1.165) is 18.8 Å². The summed E-state index contributed by atoms with van der Waals surface area (Å²) < 4.78 is 13.9. The van der Waals surface area contributed by atoms with E-state index in [1.54, 1.807) is 6.07 Å². The number of benzene rings is 1. The predicted molar refractivity (Wildman–Crippen MR) is 74.2 cm³/mol. The molecule has 0 radical (unpaired) electrons. The molecule has 1 aliphatic rings. The highest BCUT2D eigenvalue weighted by molar-refractivity contribution is 6.30. The zero-order valence-corrected chi connectivity index (χ0v) is 11.6. The van der Waals surface area contributed by atoms with Crippen molar-refractivity contribution in [2.45, 2.75) is 45.1 Å². The summed E-state index contributed by atoms with van der Waals surface area (Å²) in [5, 5.41) is 0.212. The fraction of sp³-hybridized carbons (Fsp3) is 0.600. The maximum absolute atomic E-state index is 13.9. The lowest BCUT2D eigenvalue weighted by Crippen LogP contribution is -2.37. The normalized spacial score (nSPS) is 28.3. The maximum Gasteiger partial charge on any atom is 0.144 e. The Kier molecular flexibility index (Phi) is 4.63. The van der Waals surface area contributed by atoms with E-state index in [0.29, 0.717) is 17.9 Å². The van der Waals surface area contributed by atoms with Gasteiger partial charge in [-0.25, -0.2) is 4.39 Å². The molecule has 3 heteroatoms. The van der Waals surface area contributed by atoms with Crippen LogP contribution in [0.1, 0.15) is 38.2 Å². The van der Waals surface area contributed by atoms with Gasteiger partial charge in [-0.1, -0.05) is 37.1 Å². The van der Waals surface area contributed by atoms with Gasteiger partial charge in [0.2, 0.25) is 0 Å². The Balaban J connectivity index is 2.09. The second-order valence-corrected chi connectivity index (χ2v) is 5.84. The SMILES string of the molecule is CCC1CCC(N)C(Cc2cccc(Cl)c2F)C1. The third-order valence-electron chi connectivity index (χ3n) is 4.24. The van der Waals surface area contributed by atoms with Crippen LogP contribution in [-0.2, 0) is 6.42 Å². The number of halogens is 2. The van der Waals surface area contributed by atoms with E-state index in [4.69, 9.17) is 17.3 Å². The van der Waals surface area contributed by atoms with Crippen molar-refractivity contribution in [1.82, 2.24) is 0 Å². The molecule has 0 heterocycles. The molecule has 1 nitrogen and oxygen atoms in total. The molecule has 0 amide bonds. The minimum Gasteiger partial charge on any atom is -0.327 e. The standard InChI is InChI=1S/C15H21ClFN/c1-2-10-6-7-14(18)12(8-10)9-11-4-3-5-13(16)15(11)17/h3-5,10,12,14H,2,6-9,18H2,1H3. The highest BCUT2D eigenvalue weighted by Gasteiger charge is 2.28. The van der Waals surface area contributed by atoms with Crippen molar-refractivity contribution in [3.63, 3.8) is 0 Å². The minimum atomic E-state index is -0.273. The molecule has 0 aliphatic heterocycles. The van der Waals surface area contributed by atoms with Crippen molar-refractivity contribution >= 4 is 11.6 Å². The van der Waals surface area contributed by atoms with Gasteiger partial charge in [0.1, 0.15) is 5.82 Å². The van der Waals surface area contributed by atoms with Crippen LogP contribution in [0.25, 0.3) is 0 Å². The zero-order valence-electron chi connectivity index (χ0n) is 10.8.